The largest absolute Gasteiger partial charge is 0.493 e. The molecule has 1 saturated carbocycles. The first-order valence-corrected chi connectivity index (χ1v) is 13.0. The van der Waals surface area contributed by atoms with Gasteiger partial charge in [0, 0.05) is 66.5 Å². The summed E-state index contributed by atoms with van der Waals surface area (Å²) in [6.45, 7) is 0.0954. The van der Waals surface area contributed by atoms with Gasteiger partial charge in [-0.1, -0.05) is 0 Å². The van der Waals surface area contributed by atoms with Gasteiger partial charge in [-0.15, -0.1) is 0 Å². The van der Waals surface area contributed by atoms with Gasteiger partial charge in [-0.2, -0.15) is 13.2 Å². The first-order valence-electron chi connectivity index (χ1n) is 13.0. The predicted octanol–water partition coefficient (Wildman–Crippen LogP) is 3.90. The number of nitrogens with one attached hydrogen (secondary N) is 1. The number of guanidine groups is 1. The van der Waals surface area contributed by atoms with Crippen molar-refractivity contribution in [3.8, 4) is 5.75 Å². The lowest BCUT2D eigenvalue weighted by Gasteiger charge is -2.45. The highest BCUT2D eigenvalue weighted by Crippen LogP contribution is 2.44. The number of aromatic nitrogens is 1. The van der Waals surface area contributed by atoms with E-state index in [-0.39, 0.29) is 24.6 Å². The Balaban J connectivity index is 1.29. The Kier molecular flexibility index (Phi) is 5.64. The van der Waals surface area contributed by atoms with Gasteiger partial charge in [0.25, 0.3) is 11.8 Å². The minimum absolute atomic E-state index is 0.0457. The van der Waals surface area contributed by atoms with Crippen molar-refractivity contribution in [2.75, 3.05) is 6.61 Å². The van der Waals surface area contributed by atoms with Crippen LogP contribution in [0.2, 0.25) is 0 Å². The molecule has 14 heteroatoms. The molecule has 214 valence electrons. The fraction of sp³-hybridized carbons (Fsp3) is 0.407. The minimum atomic E-state index is -4.74. The van der Waals surface area contributed by atoms with Crippen LogP contribution in [0.1, 0.15) is 40.8 Å². The molecule has 8 nitrogen and oxygen atoms in total. The molecule has 0 saturated heterocycles. The smallest absolute Gasteiger partial charge is 0.433 e. The molecule has 2 unspecified atom stereocenters. The van der Waals surface area contributed by atoms with E-state index in [1.54, 1.807) is 11.0 Å². The molecule has 2 atom stereocenters. The van der Waals surface area contributed by atoms with Gasteiger partial charge in [0.2, 0.25) is 5.96 Å². The van der Waals surface area contributed by atoms with E-state index in [9.17, 15) is 31.1 Å². The highest BCUT2D eigenvalue weighted by molar-refractivity contribution is 6.03. The molecule has 4 aliphatic heterocycles. The summed E-state index contributed by atoms with van der Waals surface area (Å²) in [7, 11) is 0. The Morgan fingerprint density at radius 1 is 1.22 bits per heavy atom. The second-order valence-electron chi connectivity index (χ2n) is 10.7. The van der Waals surface area contributed by atoms with E-state index in [1.807, 2.05) is 0 Å². The van der Waals surface area contributed by atoms with Crippen LogP contribution in [0, 0.1) is 5.82 Å². The minimum Gasteiger partial charge on any atom is -0.493 e. The number of benzene rings is 1. The lowest BCUT2D eigenvalue weighted by molar-refractivity contribution is -0.156. The van der Waals surface area contributed by atoms with Crippen molar-refractivity contribution in [2.45, 2.75) is 62.6 Å². The number of fused-ring (bicyclic) bond motifs is 3. The Morgan fingerprint density at radius 2 is 2.02 bits per heavy atom. The molecule has 1 N–H and O–H groups in total. The summed E-state index contributed by atoms with van der Waals surface area (Å²) < 4.78 is 88.5. The van der Waals surface area contributed by atoms with Crippen molar-refractivity contribution < 1.29 is 35.9 Å². The van der Waals surface area contributed by atoms with Crippen LogP contribution in [0.4, 0.5) is 26.3 Å². The summed E-state index contributed by atoms with van der Waals surface area (Å²) in [6.07, 6.45) is -1.35. The topological polar surface area (TPSA) is 82.4 Å². The Hall–Kier alpha value is -4.10. The second-order valence-corrected chi connectivity index (χ2v) is 10.7. The van der Waals surface area contributed by atoms with Crippen LogP contribution in [-0.4, -0.2) is 63.6 Å². The van der Waals surface area contributed by atoms with Gasteiger partial charge in [0.15, 0.2) is 6.04 Å². The van der Waals surface area contributed by atoms with Crippen LogP contribution in [0.5, 0.6) is 5.75 Å². The van der Waals surface area contributed by atoms with E-state index < -0.39 is 60.5 Å². The second kappa shape index (κ2) is 8.95. The SMILES string of the molecule is O=C1C2N=CN3C(=NCc4c(F)ccc5c4CCO5)NC=C(c4cnc(C(F)(F)F)cc4CN1C1CC(F)(F)C1)C23. The van der Waals surface area contributed by atoms with Gasteiger partial charge in [-0.3, -0.25) is 19.7 Å². The van der Waals surface area contributed by atoms with Crippen LogP contribution in [0.3, 0.4) is 0 Å². The third-order valence-corrected chi connectivity index (χ3v) is 8.18. The number of hydrogen-bond donors (Lipinski definition) is 1. The predicted molar refractivity (Wildman–Crippen MR) is 134 cm³/mol. The van der Waals surface area contributed by atoms with Gasteiger partial charge in [0.1, 0.15) is 17.3 Å². The zero-order valence-electron chi connectivity index (χ0n) is 21.3. The van der Waals surface area contributed by atoms with Gasteiger partial charge < -0.3 is 15.0 Å². The average molecular weight is 577 g/mol. The van der Waals surface area contributed by atoms with Gasteiger partial charge in [0.05, 0.1) is 25.5 Å². The van der Waals surface area contributed by atoms with E-state index in [2.05, 4.69) is 20.3 Å². The molecule has 1 aromatic heterocycles. The van der Waals surface area contributed by atoms with E-state index >= 15 is 0 Å². The quantitative estimate of drug-likeness (QED) is 0.561. The highest BCUT2D eigenvalue weighted by atomic mass is 19.4. The number of carbonyl (C=O) groups is 1. The Labute approximate surface area is 229 Å². The molecular formula is C27H22F6N6O2. The summed E-state index contributed by atoms with van der Waals surface area (Å²) in [4.78, 5) is 29.1. The zero-order chi connectivity index (χ0) is 28.7. The molecule has 7 rings (SSSR count). The molecule has 5 aliphatic rings. The maximum Gasteiger partial charge on any atom is 0.433 e. The van der Waals surface area contributed by atoms with E-state index in [4.69, 9.17) is 4.74 Å². The van der Waals surface area contributed by atoms with Gasteiger partial charge in [-0.05, 0) is 23.8 Å². The molecule has 1 fully saturated rings. The number of hydrogen-bond acceptors (Lipinski definition) is 5. The fourth-order valence-corrected chi connectivity index (χ4v) is 6.09. The Morgan fingerprint density at radius 3 is 2.78 bits per heavy atom. The first-order chi connectivity index (χ1) is 19.5. The maximum atomic E-state index is 14.7. The summed E-state index contributed by atoms with van der Waals surface area (Å²) in [6, 6.07) is 1.02. The van der Waals surface area contributed by atoms with E-state index in [1.165, 1.54) is 23.5 Å². The molecule has 5 heterocycles. The molecule has 0 bridgehead atoms. The van der Waals surface area contributed by atoms with Crippen molar-refractivity contribution >= 4 is 23.8 Å². The zero-order valence-corrected chi connectivity index (χ0v) is 21.3. The van der Waals surface area contributed by atoms with Crippen LogP contribution < -0.4 is 10.1 Å². The fourth-order valence-electron chi connectivity index (χ4n) is 6.09. The van der Waals surface area contributed by atoms with Crippen LogP contribution >= 0.6 is 0 Å². The van der Waals surface area contributed by atoms with Crippen molar-refractivity contribution in [3.05, 3.63) is 64.4 Å². The third-order valence-electron chi connectivity index (χ3n) is 8.18. The molecule has 2 aromatic rings. The third kappa shape index (κ3) is 4.22. The highest BCUT2D eigenvalue weighted by Gasteiger charge is 2.53. The van der Waals surface area contributed by atoms with Gasteiger partial charge in [-0.25, -0.2) is 18.2 Å². The molecule has 0 radical (unpaired) electrons. The van der Waals surface area contributed by atoms with Crippen LogP contribution in [0.25, 0.3) is 5.57 Å². The maximum absolute atomic E-state index is 14.7. The monoisotopic (exact) mass is 576 g/mol. The normalized spacial score (nSPS) is 25.5. The number of rotatable bonds is 3. The Bertz CT molecular complexity index is 1550. The van der Waals surface area contributed by atoms with Crippen LogP contribution in [-0.2, 0) is 30.5 Å². The molecule has 1 aliphatic carbocycles. The van der Waals surface area contributed by atoms with Crippen molar-refractivity contribution in [3.63, 3.8) is 0 Å². The lowest BCUT2D eigenvalue weighted by atomic mass is 9.83. The number of nitrogens with zero attached hydrogens (tertiary/aromatic N) is 5. The summed E-state index contributed by atoms with van der Waals surface area (Å²) in [5.41, 5.74) is 0.877. The molecular weight excluding hydrogens is 554 g/mol. The van der Waals surface area contributed by atoms with Gasteiger partial charge >= 0.3 is 6.18 Å². The van der Waals surface area contributed by atoms with Crippen LogP contribution in [0.15, 0.2) is 40.6 Å². The van der Waals surface area contributed by atoms with Crippen molar-refractivity contribution in [1.82, 2.24) is 20.1 Å². The van der Waals surface area contributed by atoms with Crippen molar-refractivity contribution in [1.29, 1.82) is 0 Å². The number of aliphatic imine (C=N–C) groups is 2. The number of halogens is 6. The number of alkyl halides is 5. The average Bonchev–Trinajstić information content (AvgIpc) is 3.56. The number of amides is 1. The standard InChI is InChI=1S/C27H22F6N6O2/c28-19-1-2-20-15(3-4-41-20)17(19)9-35-25-36-10-18-16-8-34-21(27(31,32)33)5-13(16)11-38(14-6-26(29,30)7-14)24(40)22-23(18)39(25)12-37-22/h1-2,5,8,10,12,14,22-23H,3-4,6-7,9,11H2,(H,35,36). The molecule has 0 spiro atoms. The molecule has 1 aromatic carbocycles. The summed E-state index contributed by atoms with van der Waals surface area (Å²) in [5.74, 6) is -3.11. The molecule has 1 amide bonds. The lowest BCUT2D eigenvalue weighted by Crippen LogP contribution is -2.59. The molecule has 41 heavy (non-hydrogen) atoms. The number of carbonyl (C=O) groups excluding carboxylic acids is 1. The van der Waals surface area contributed by atoms with E-state index in [0.29, 0.717) is 35.5 Å². The number of pyridine rings is 1. The van der Waals surface area contributed by atoms with Crippen molar-refractivity contribution in [2.24, 2.45) is 9.98 Å². The number of ether oxygens (including phenoxy) is 1. The first kappa shape index (κ1) is 25.8. The summed E-state index contributed by atoms with van der Waals surface area (Å²) in [5, 5.41) is 3.01. The summed E-state index contributed by atoms with van der Waals surface area (Å²) >= 11 is 0. The van der Waals surface area contributed by atoms with E-state index in [0.717, 1.165) is 17.8 Å².